The topological polar surface area (TPSA) is 201 Å². The van der Waals surface area contributed by atoms with Crippen molar-refractivity contribution in [3.05, 3.63) is 59.2 Å². The van der Waals surface area contributed by atoms with Crippen LogP contribution < -0.4 is 16.0 Å². The third-order valence-corrected chi connectivity index (χ3v) is 10.8. The van der Waals surface area contributed by atoms with Gasteiger partial charge in [0, 0.05) is 32.0 Å². The smallest absolute Gasteiger partial charge is 0.334 e. The van der Waals surface area contributed by atoms with Gasteiger partial charge in [0.1, 0.15) is 30.3 Å². The Morgan fingerprint density at radius 1 is 0.898 bits per heavy atom. The minimum Gasteiger partial charge on any atom is -0.456 e. The molecule has 1 heterocycles. The number of ether oxygens (including phenoxy) is 2. The molecule has 0 aliphatic carbocycles. The standard InChI is InChI=1S/C44H67N5O10/c1-13-26(5)37-40(53)46-31(10)44(57)59-38(27(6)14-2)29(8)34(50)21-20-28(7)43(56)58-35(22-25(3)4)39(52)45-30(9)41(54)49(12)33(23-32-18-16-15-17-19-32)42(55)48(11)24-36(51)47-37/h14-20,25-26,29-31,33-35,37-38,50H,13,21-24H2,1-12H3,(H,45,52)(H,46,53)(H,47,51)/b27-14+,28-20+/t26-,29-,30+,31-,33-,34-,35+,37?,38-/m0/s1. The Bertz CT molecular complexity index is 1700. The molecule has 15 nitrogen and oxygen atoms in total. The summed E-state index contributed by atoms with van der Waals surface area (Å²) in [4.78, 5) is 98.0. The monoisotopic (exact) mass is 825 g/mol. The van der Waals surface area contributed by atoms with Crippen LogP contribution in [0.4, 0.5) is 0 Å². The molecule has 1 unspecified atom stereocenters. The molecule has 0 aromatic heterocycles. The number of amides is 5. The third-order valence-electron chi connectivity index (χ3n) is 10.8. The lowest BCUT2D eigenvalue weighted by Gasteiger charge is -2.33. The molecule has 0 bridgehead atoms. The predicted molar refractivity (Wildman–Crippen MR) is 223 cm³/mol. The van der Waals surface area contributed by atoms with E-state index in [2.05, 4.69) is 16.0 Å². The SMILES string of the molecule is C/C=C(\C)[C@@H]1OC(=O)[C@H](C)NC(=O)C([C@@H](C)CC)NC(=O)CN(C)C(=O)[C@H](Cc2ccccc2)N(C)C(=O)[C@@H](C)NC(=O)[C@@H](CC(C)C)OC(=O)/C(C)=C/C[C@H](O)[C@@H]1C. The second-order valence-corrected chi connectivity index (χ2v) is 16.2. The number of hydrogen-bond acceptors (Lipinski definition) is 10. The van der Waals surface area contributed by atoms with E-state index in [4.69, 9.17) is 9.47 Å². The number of aliphatic hydroxyl groups excluding tert-OH is 1. The molecule has 0 fully saturated rings. The van der Waals surface area contributed by atoms with Gasteiger partial charge in [-0.1, -0.05) is 83.5 Å². The van der Waals surface area contributed by atoms with Crippen molar-refractivity contribution in [2.75, 3.05) is 20.6 Å². The second kappa shape index (κ2) is 23.5. The molecule has 328 valence electrons. The van der Waals surface area contributed by atoms with Crippen molar-refractivity contribution in [3.63, 3.8) is 0 Å². The van der Waals surface area contributed by atoms with Crippen LogP contribution in [-0.4, -0.2) is 120 Å². The van der Waals surface area contributed by atoms with Crippen LogP contribution in [0.25, 0.3) is 0 Å². The number of carbonyl (C=O) groups excluding carboxylic acids is 7. The molecule has 5 amide bonds. The summed E-state index contributed by atoms with van der Waals surface area (Å²) < 4.78 is 11.5. The Morgan fingerprint density at radius 3 is 2.08 bits per heavy atom. The lowest BCUT2D eigenvalue weighted by molar-refractivity contribution is -0.155. The molecule has 59 heavy (non-hydrogen) atoms. The van der Waals surface area contributed by atoms with Gasteiger partial charge in [0.25, 0.3) is 5.91 Å². The number of allylic oxidation sites excluding steroid dienone is 1. The van der Waals surface area contributed by atoms with Crippen molar-refractivity contribution in [3.8, 4) is 0 Å². The molecule has 9 atom stereocenters. The highest BCUT2D eigenvalue weighted by Crippen LogP contribution is 2.24. The third kappa shape index (κ3) is 14.9. The summed E-state index contributed by atoms with van der Waals surface area (Å²) in [6.45, 7) is 16.5. The van der Waals surface area contributed by atoms with Crippen LogP contribution in [-0.2, 0) is 49.5 Å². The molecule has 0 saturated carbocycles. The maximum atomic E-state index is 14.1. The van der Waals surface area contributed by atoms with E-state index in [0.717, 1.165) is 5.56 Å². The Balaban J connectivity index is 2.62. The fourth-order valence-electron chi connectivity index (χ4n) is 6.55. The number of benzene rings is 1. The quantitative estimate of drug-likeness (QED) is 0.234. The van der Waals surface area contributed by atoms with Crippen LogP contribution in [0.3, 0.4) is 0 Å². The number of nitrogens with zero attached hydrogens (tertiary/aromatic N) is 2. The maximum absolute atomic E-state index is 14.1. The maximum Gasteiger partial charge on any atom is 0.334 e. The summed E-state index contributed by atoms with van der Waals surface area (Å²) in [5.74, 6) is -5.83. The highest BCUT2D eigenvalue weighted by molar-refractivity contribution is 5.96. The molecule has 15 heteroatoms. The number of rotatable bonds is 7. The van der Waals surface area contributed by atoms with E-state index in [0.29, 0.717) is 12.0 Å². The lowest BCUT2D eigenvalue weighted by atomic mass is 9.90. The Kier molecular flexibility index (Phi) is 20.0. The summed E-state index contributed by atoms with van der Waals surface area (Å²) >= 11 is 0. The van der Waals surface area contributed by atoms with Gasteiger partial charge in [-0.2, -0.15) is 0 Å². The number of carbonyl (C=O) groups is 7. The first-order chi connectivity index (χ1) is 27.6. The average molecular weight is 826 g/mol. The van der Waals surface area contributed by atoms with Crippen LogP contribution in [0.1, 0.15) is 94.1 Å². The number of aliphatic hydroxyl groups is 1. The zero-order valence-corrected chi connectivity index (χ0v) is 36.9. The summed E-state index contributed by atoms with van der Waals surface area (Å²) in [6, 6.07) is 4.53. The normalized spacial score (nSPS) is 28.8. The van der Waals surface area contributed by atoms with Gasteiger partial charge in [0.15, 0.2) is 6.10 Å². The fraction of sp³-hybridized carbons (Fsp3) is 0.614. The number of cyclic esters (lactones) is 2. The number of hydrogen-bond donors (Lipinski definition) is 4. The molecule has 0 radical (unpaired) electrons. The number of esters is 2. The zero-order valence-electron chi connectivity index (χ0n) is 36.9. The number of nitrogens with one attached hydrogen (secondary N) is 3. The van der Waals surface area contributed by atoms with Gasteiger partial charge in [-0.15, -0.1) is 0 Å². The minimum atomic E-state index is -1.26. The first kappa shape index (κ1) is 50.1. The summed E-state index contributed by atoms with van der Waals surface area (Å²) in [7, 11) is 2.85. The van der Waals surface area contributed by atoms with Crippen LogP contribution >= 0.6 is 0 Å². The lowest BCUT2D eigenvalue weighted by Crippen LogP contribution is -2.57. The molecule has 0 spiro atoms. The largest absolute Gasteiger partial charge is 0.456 e. The van der Waals surface area contributed by atoms with Gasteiger partial charge in [-0.05, 0) is 70.4 Å². The van der Waals surface area contributed by atoms with Gasteiger partial charge < -0.3 is 40.3 Å². The number of likely N-dealkylation sites (N-methyl/N-ethyl adjacent to an activating group) is 2. The van der Waals surface area contributed by atoms with Crippen LogP contribution in [0.15, 0.2) is 53.6 Å². The Labute approximate surface area is 349 Å². The van der Waals surface area contributed by atoms with Gasteiger partial charge in [-0.25, -0.2) is 9.59 Å². The van der Waals surface area contributed by atoms with Crippen LogP contribution in [0.2, 0.25) is 0 Å². The zero-order chi connectivity index (χ0) is 44.7. The van der Waals surface area contributed by atoms with Crippen molar-refractivity contribution >= 4 is 41.5 Å². The van der Waals surface area contributed by atoms with Gasteiger partial charge in [0.2, 0.25) is 23.6 Å². The van der Waals surface area contributed by atoms with E-state index in [-0.39, 0.29) is 36.7 Å². The van der Waals surface area contributed by atoms with Crippen molar-refractivity contribution in [2.45, 2.75) is 137 Å². The second-order valence-electron chi connectivity index (χ2n) is 16.2. The average Bonchev–Trinajstić information content (AvgIpc) is 3.20. The molecule has 1 aromatic rings. The molecule has 4 N–H and O–H groups in total. The van der Waals surface area contributed by atoms with Crippen molar-refractivity contribution in [2.24, 2.45) is 17.8 Å². The van der Waals surface area contributed by atoms with E-state index < -0.39 is 96.4 Å². The minimum absolute atomic E-state index is 0.0211. The highest BCUT2D eigenvalue weighted by Gasteiger charge is 2.36. The summed E-state index contributed by atoms with van der Waals surface area (Å²) in [5, 5.41) is 19.3. The predicted octanol–water partition coefficient (Wildman–Crippen LogP) is 3.24. The van der Waals surface area contributed by atoms with E-state index in [1.807, 2.05) is 26.8 Å². The van der Waals surface area contributed by atoms with E-state index in [1.54, 1.807) is 58.0 Å². The van der Waals surface area contributed by atoms with Crippen LogP contribution in [0, 0.1) is 17.8 Å². The fourth-order valence-corrected chi connectivity index (χ4v) is 6.55. The van der Waals surface area contributed by atoms with Crippen molar-refractivity contribution in [1.82, 2.24) is 25.8 Å². The highest BCUT2D eigenvalue weighted by atomic mass is 16.6. The molecular formula is C44H67N5O10. The Hall–Kier alpha value is -5.05. The van der Waals surface area contributed by atoms with Crippen LogP contribution in [0.5, 0.6) is 0 Å². The first-order valence-electron chi connectivity index (χ1n) is 20.5. The molecule has 1 aromatic carbocycles. The van der Waals surface area contributed by atoms with Crippen molar-refractivity contribution in [1.29, 1.82) is 0 Å². The van der Waals surface area contributed by atoms with Gasteiger partial charge >= 0.3 is 11.9 Å². The van der Waals surface area contributed by atoms with Gasteiger partial charge in [0.05, 0.1) is 12.6 Å². The molecule has 2 rings (SSSR count). The Morgan fingerprint density at radius 2 is 1.51 bits per heavy atom. The van der Waals surface area contributed by atoms with E-state index in [1.165, 1.54) is 50.7 Å². The molecule has 1 aliphatic heterocycles. The van der Waals surface area contributed by atoms with Crippen molar-refractivity contribution < 1.29 is 48.1 Å². The van der Waals surface area contributed by atoms with E-state index >= 15 is 0 Å². The molecule has 1 aliphatic rings. The first-order valence-corrected chi connectivity index (χ1v) is 20.5. The molecular weight excluding hydrogens is 759 g/mol. The summed E-state index contributed by atoms with van der Waals surface area (Å²) in [5.41, 5.74) is 1.51. The van der Waals surface area contributed by atoms with Gasteiger partial charge in [-0.3, -0.25) is 24.0 Å². The van der Waals surface area contributed by atoms with E-state index in [9.17, 15) is 38.7 Å². The summed E-state index contributed by atoms with van der Waals surface area (Å²) in [6.07, 6.45) is 0.687. The molecule has 0 saturated heterocycles.